The molecule has 0 fully saturated rings. The second kappa shape index (κ2) is 11.0. The van der Waals surface area contributed by atoms with Crippen LogP contribution in [-0.4, -0.2) is 25.2 Å². The maximum Gasteiger partial charge on any atom is 0.261 e. The van der Waals surface area contributed by atoms with Gasteiger partial charge in [0.25, 0.3) is 21.8 Å². The lowest BCUT2D eigenvalue weighted by molar-refractivity contribution is 0.0951. The summed E-state index contributed by atoms with van der Waals surface area (Å²) >= 11 is 6.30. The number of halogens is 1. The number of amides is 2. The molecule has 0 aliphatic rings. The van der Waals surface area contributed by atoms with Gasteiger partial charge < -0.3 is 10.6 Å². The molecule has 4 aromatic rings. The number of hydrogen-bond donors (Lipinski definition) is 3. The number of para-hydroxylation sites is 1. The molecule has 1 heterocycles. The maximum atomic E-state index is 12.9. The van der Waals surface area contributed by atoms with E-state index in [1.54, 1.807) is 60.9 Å². The van der Waals surface area contributed by atoms with Crippen molar-refractivity contribution in [3.05, 3.63) is 119 Å². The number of carbonyl (C=O) groups excluding carboxylic acids is 2. The highest BCUT2D eigenvalue weighted by atomic mass is 35.5. The Labute approximate surface area is 213 Å². The van der Waals surface area contributed by atoms with Gasteiger partial charge in [0.05, 0.1) is 32.4 Å². The largest absolute Gasteiger partial charge is 0.348 e. The molecule has 3 N–H and O–H groups in total. The lowest BCUT2D eigenvalue weighted by Crippen LogP contribution is -2.25. The van der Waals surface area contributed by atoms with Crippen molar-refractivity contribution in [2.45, 2.75) is 11.4 Å². The van der Waals surface area contributed by atoms with Gasteiger partial charge in [-0.05, 0) is 54.1 Å². The summed E-state index contributed by atoms with van der Waals surface area (Å²) in [6.07, 6.45) is 3.30. The average molecular weight is 521 g/mol. The molecule has 36 heavy (non-hydrogen) atoms. The second-order valence-electron chi connectivity index (χ2n) is 7.66. The van der Waals surface area contributed by atoms with E-state index in [9.17, 15) is 18.0 Å². The van der Waals surface area contributed by atoms with Gasteiger partial charge in [-0.1, -0.05) is 48.0 Å². The summed E-state index contributed by atoms with van der Waals surface area (Å²) in [5.74, 6) is -0.920. The number of anilines is 2. The van der Waals surface area contributed by atoms with Crippen molar-refractivity contribution >= 4 is 44.8 Å². The number of benzene rings is 3. The Morgan fingerprint density at radius 2 is 1.58 bits per heavy atom. The zero-order valence-electron chi connectivity index (χ0n) is 18.8. The standard InChI is InChI=1S/C26H21ClN4O4S/c27-23-15-19(31-36(34,35)20-8-2-1-3-9-20)12-13-21(23)26(33)30-24-11-5-4-10-22(24)25(32)29-17-18-7-6-14-28-16-18/h1-16,31H,17H2,(H,29,32)(H,30,33). The van der Waals surface area contributed by atoms with Crippen molar-refractivity contribution in [1.29, 1.82) is 0 Å². The molecular weight excluding hydrogens is 500 g/mol. The molecule has 0 spiro atoms. The Balaban J connectivity index is 1.47. The summed E-state index contributed by atoms with van der Waals surface area (Å²) in [7, 11) is -3.81. The number of hydrogen-bond acceptors (Lipinski definition) is 5. The minimum absolute atomic E-state index is 0.0410. The molecule has 2 amide bonds. The third-order valence-corrected chi connectivity index (χ3v) is 6.83. The van der Waals surface area contributed by atoms with E-state index in [1.165, 1.54) is 30.3 Å². The van der Waals surface area contributed by atoms with E-state index in [0.29, 0.717) is 5.69 Å². The van der Waals surface area contributed by atoms with Gasteiger partial charge in [0, 0.05) is 18.9 Å². The van der Waals surface area contributed by atoms with Crippen LogP contribution in [0.4, 0.5) is 11.4 Å². The monoisotopic (exact) mass is 520 g/mol. The fourth-order valence-electron chi connectivity index (χ4n) is 3.34. The summed E-state index contributed by atoms with van der Waals surface area (Å²) in [6, 6.07) is 22.3. The zero-order chi connectivity index (χ0) is 25.5. The van der Waals surface area contributed by atoms with Crippen LogP contribution in [0.25, 0.3) is 0 Å². The minimum Gasteiger partial charge on any atom is -0.348 e. The van der Waals surface area contributed by atoms with E-state index in [0.717, 1.165) is 5.56 Å². The lowest BCUT2D eigenvalue weighted by Gasteiger charge is -2.13. The summed E-state index contributed by atoms with van der Waals surface area (Å²) in [5.41, 5.74) is 1.73. The molecule has 182 valence electrons. The highest BCUT2D eigenvalue weighted by molar-refractivity contribution is 7.92. The van der Waals surface area contributed by atoms with Gasteiger partial charge in [-0.15, -0.1) is 0 Å². The van der Waals surface area contributed by atoms with E-state index in [4.69, 9.17) is 11.6 Å². The smallest absolute Gasteiger partial charge is 0.261 e. The summed E-state index contributed by atoms with van der Waals surface area (Å²) in [5, 5.41) is 5.55. The second-order valence-corrected chi connectivity index (χ2v) is 9.75. The average Bonchev–Trinajstić information content (AvgIpc) is 2.88. The first kappa shape index (κ1) is 24.9. The van der Waals surface area contributed by atoms with Gasteiger partial charge in [0.2, 0.25) is 0 Å². The quantitative estimate of drug-likeness (QED) is 0.311. The molecule has 0 aliphatic heterocycles. The van der Waals surface area contributed by atoms with Crippen LogP contribution in [0.3, 0.4) is 0 Å². The van der Waals surface area contributed by atoms with Gasteiger partial charge in [-0.25, -0.2) is 8.42 Å². The first-order valence-corrected chi connectivity index (χ1v) is 12.6. The van der Waals surface area contributed by atoms with E-state index >= 15 is 0 Å². The number of carbonyl (C=O) groups is 2. The molecule has 0 atom stereocenters. The third-order valence-electron chi connectivity index (χ3n) is 5.12. The predicted molar refractivity (Wildman–Crippen MR) is 139 cm³/mol. The van der Waals surface area contributed by atoms with Crippen LogP contribution in [0.2, 0.25) is 5.02 Å². The highest BCUT2D eigenvalue weighted by Gasteiger charge is 2.18. The van der Waals surface area contributed by atoms with E-state index in [1.807, 2.05) is 6.07 Å². The fraction of sp³-hybridized carbons (Fsp3) is 0.0385. The first-order valence-electron chi connectivity index (χ1n) is 10.8. The minimum atomic E-state index is -3.81. The van der Waals surface area contributed by atoms with Crippen molar-refractivity contribution in [2.75, 3.05) is 10.0 Å². The fourth-order valence-corrected chi connectivity index (χ4v) is 4.67. The molecule has 8 nitrogen and oxygen atoms in total. The number of rotatable bonds is 8. The summed E-state index contributed by atoms with van der Waals surface area (Å²) in [6.45, 7) is 0.279. The highest BCUT2D eigenvalue weighted by Crippen LogP contribution is 2.25. The van der Waals surface area contributed by atoms with Crippen LogP contribution in [-0.2, 0) is 16.6 Å². The van der Waals surface area contributed by atoms with Gasteiger partial charge in [0.15, 0.2) is 0 Å². The molecule has 1 aromatic heterocycles. The van der Waals surface area contributed by atoms with Gasteiger partial charge >= 0.3 is 0 Å². The van der Waals surface area contributed by atoms with Crippen LogP contribution in [0.15, 0.2) is 102 Å². The number of nitrogens with zero attached hydrogens (tertiary/aromatic N) is 1. The maximum absolute atomic E-state index is 12.9. The first-order chi connectivity index (χ1) is 17.3. The van der Waals surface area contributed by atoms with Gasteiger partial charge in [-0.2, -0.15) is 0 Å². The van der Waals surface area contributed by atoms with Crippen molar-refractivity contribution in [3.8, 4) is 0 Å². The lowest BCUT2D eigenvalue weighted by atomic mass is 10.1. The van der Waals surface area contributed by atoms with Gasteiger partial charge in [-0.3, -0.25) is 19.3 Å². The Kier molecular flexibility index (Phi) is 7.62. The van der Waals surface area contributed by atoms with Crippen LogP contribution >= 0.6 is 11.6 Å². The Morgan fingerprint density at radius 1 is 0.833 bits per heavy atom. The molecule has 0 unspecified atom stereocenters. The van der Waals surface area contributed by atoms with Gasteiger partial charge in [0.1, 0.15) is 0 Å². The summed E-state index contributed by atoms with van der Waals surface area (Å²) in [4.78, 5) is 29.8. The number of sulfonamides is 1. The van der Waals surface area contributed by atoms with Crippen LogP contribution in [0, 0.1) is 0 Å². The molecule has 10 heteroatoms. The molecule has 0 saturated heterocycles. The zero-order valence-corrected chi connectivity index (χ0v) is 20.4. The number of nitrogens with one attached hydrogen (secondary N) is 3. The Hall–Kier alpha value is -4.21. The predicted octanol–water partition coefficient (Wildman–Crippen LogP) is 4.72. The molecule has 3 aromatic carbocycles. The van der Waals surface area contributed by atoms with Crippen molar-refractivity contribution in [3.63, 3.8) is 0 Å². The van der Waals surface area contributed by atoms with Crippen molar-refractivity contribution in [1.82, 2.24) is 10.3 Å². The summed E-state index contributed by atoms with van der Waals surface area (Å²) < 4.78 is 27.5. The molecule has 0 aliphatic carbocycles. The molecule has 0 radical (unpaired) electrons. The molecule has 0 saturated carbocycles. The SMILES string of the molecule is O=C(Nc1ccccc1C(=O)NCc1cccnc1)c1ccc(NS(=O)(=O)c2ccccc2)cc1Cl. The topological polar surface area (TPSA) is 117 Å². The molecular formula is C26H21ClN4O4S. The van der Waals surface area contributed by atoms with Crippen molar-refractivity contribution < 1.29 is 18.0 Å². The Bertz CT molecular complexity index is 1500. The Morgan fingerprint density at radius 3 is 2.31 bits per heavy atom. The van der Waals surface area contributed by atoms with Crippen LogP contribution in [0.5, 0.6) is 0 Å². The normalized spacial score (nSPS) is 10.9. The van der Waals surface area contributed by atoms with Crippen LogP contribution < -0.4 is 15.4 Å². The number of aromatic nitrogens is 1. The van der Waals surface area contributed by atoms with E-state index < -0.39 is 15.9 Å². The van der Waals surface area contributed by atoms with Crippen molar-refractivity contribution in [2.24, 2.45) is 0 Å². The molecule has 0 bridgehead atoms. The van der Waals surface area contributed by atoms with Crippen LogP contribution in [0.1, 0.15) is 26.3 Å². The van der Waals surface area contributed by atoms with E-state index in [2.05, 4.69) is 20.3 Å². The third kappa shape index (κ3) is 6.07. The molecule has 4 rings (SSSR count). The van der Waals surface area contributed by atoms with E-state index in [-0.39, 0.29) is 39.2 Å². The number of pyridine rings is 1.